The molecule has 0 aromatic rings. The van der Waals surface area contributed by atoms with Gasteiger partial charge in [-0.2, -0.15) is 0 Å². The van der Waals surface area contributed by atoms with E-state index in [1.165, 1.54) is 32.4 Å². The predicted molar refractivity (Wildman–Crippen MR) is 80.4 cm³/mol. The molecule has 0 spiro atoms. The van der Waals surface area contributed by atoms with Crippen LogP contribution in [0.2, 0.25) is 0 Å². The largest absolute Gasteiger partial charge is 0.322 e. The molecular weight excluding hydrogens is 250 g/mol. The average Bonchev–Trinajstić information content (AvgIpc) is 3.02. The van der Waals surface area contributed by atoms with Crippen LogP contribution in [0.1, 0.15) is 59.3 Å². The Morgan fingerprint density at radius 1 is 1.25 bits per heavy atom. The zero-order valence-electron chi connectivity index (χ0n) is 13.2. The predicted octanol–water partition coefficient (Wildman–Crippen LogP) is 1.95. The van der Waals surface area contributed by atoms with Crippen molar-refractivity contribution in [2.75, 3.05) is 13.1 Å². The maximum Gasteiger partial charge on any atom is 0.244 e. The summed E-state index contributed by atoms with van der Waals surface area (Å²) in [5.41, 5.74) is -0.340. The van der Waals surface area contributed by atoms with Crippen LogP contribution in [-0.2, 0) is 4.79 Å². The molecule has 3 rings (SSSR count). The van der Waals surface area contributed by atoms with Crippen LogP contribution in [0.25, 0.3) is 0 Å². The molecule has 1 N–H and O–H groups in total. The number of fused-ring (bicyclic) bond motifs is 1. The minimum atomic E-state index is -0.340. The summed E-state index contributed by atoms with van der Waals surface area (Å²) in [4.78, 5) is 17.7. The van der Waals surface area contributed by atoms with E-state index >= 15 is 0 Å². The van der Waals surface area contributed by atoms with Crippen LogP contribution in [0.3, 0.4) is 0 Å². The van der Waals surface area contributed by atoms with Crippen molar-refractivity contribution in [3.05, 3.63) is 0 Å². The van der Waals surface area contributed by atoms with Gasteiger partial charge in [-0.25, -0.2) is 0 Å². The molecule has 3 heterocycles. The molecule has 0 bridgehead atoms. The fraction of sp³-hybridized carbons (Fsp3) is 0.938. The third-order valence-corrected chi connectivity index (χ3v) is 5.81. The second kappa shape index (κ2) is 5.30. The van der Waals surface area contributed by atoms with E-state index < -0.39 is 0 Å². The highest BCUT2D eigenvalue weighted by Gasteiger charge is 2.49. The van der Waals surface area contributed by atoms with Gasteiger partial charge in [0, 0.05) is 18.6 Å². The molecule has 3 fully saturated rings. The Kier molecular flexibility index (Phi) is 3.80. The van der Waals surface area contributed by atoms with E-state index in [2.05, 4.69) is 35.9 Å². The van der Waals surface area contributed by atoms with E-state index in [0.29, 0.717) is 11.9 Å². The van der Waals surface area contributed by atoms with Crippen LogP contribution in [0.5, 0.6) is 0 Å². The quantitative estimate of drug-likeness (QED) is 0.858. The number of nitrogens with one attached hydrogen (secondary N) is 1. The summed E-state index contributed by atoms with van der Waals surface area (Å²) in [5.74, 6) is 0.336. The summed E-state index contributed by atoms with van der Waals surface area (Å²) in [7, 11) is 0. The van der Waals surface area contributed by atoms with E-state index in [1.807, 2.05) is 0 Å². The van der Waals surface area contributed by atoms with Crippen molar-refractivity contribution >= 4 is 5.91 Å². The summed E-state index contributed by atoms with van der Waals surface area (Å²) >= 11 is 0. The normalized spacial score (nSPS) is 42.2. The van der Waals surface area contributed by atoms with Crippen LogP contribution < -0.4 is 5.32 Å². The topological polar surface area (TPSA) is 35.6 Å². The van der Waals surface area contributed by atoms with Gasteiger partial charge in [-0.05, 0) is 52.0 Å². The van der Waals surface area contributed by atoms with Gasteiger partial charge in [-0.1, -0.05) is 13.8 Å². The first-order valence-corrected chi connectivity index (χ1v) is 8.43. The van der Waals surface area contributed by atoms with Crippen LogP contribution in [0, 0.1) is 0 Å². The second-order valence-corrected chi connectivity index (χ2v) is 6.98. The molecule has 20 heavy (non-hydrogen) atoms. The van der Waals surface area contributed by atoms with Crippen LogP contribution in [0.4, 0.5) is 0 Å². The summed E-state index contributed by atoms with van der Waals surface area (Å²) in [6, 6.07) is 1.18. The smallest absolute Gasteiger partial charge is 0.244 e. The monoisotopic (exact) mass is 279 g/mol. The number of carbonyl (C=O) groups is 1. The molecule has 114 valence electrons. The van der Waals surface area contributed by atoms with Crippen molar-refractivity contribution in [1.29, 1.82) is 0 Å². The molecule has 0 saturated carbocycles. The first-order chi connectivity index (χ1) is 9.59. The lowest BCUT2D eigenvalue weighted by Crippen LogP contribution is -2.52. The van der Waals surface area contributed by atoms with Crippen molar-refractivity contribution in [2.24, 2.45) is 0 Å². The first-order valence-electron chi connectivity index (χ1n) is 8.43. The van der Waals surface area contributed by atoms with Gasteiger partial charge >= 0.3 is 0 Å². The molecular formula is C16H29N3O. The number of nitrogens with zero attached hydrogens (tertiary/aromatic N) is 2. The Morgan fingerprint density at radius 2 is 2.05 bits per heavy atom. The lowest BCUT2D eigenvalue weighted by Gasteiger charge is -2.41. The van der Waals surface area contributed by atoms with Crippen molar-refractivity contribution in [3.63, 3.8) is 0 Å². The lowest BCUT2D eigenvalue weighted by atomic mass is 9.94. The van der Waals surface area contributed by atoms with Gasteiger partial charge in [-0.15, -0.1) is 0 Å². The zero-order chi connectivity index (χ0) is 14.3. The summed E-state index contributed by atoms with van der Waals surface area (Å²) in [6.45, 7) is 8.82. The fourth-order valence-corrected chi connectivity index (χ4v) is 4.35. The Bertz CT molecular complexity index is 386. The maximum absolute atomic E-state index is 12.9. The van der Waals surface area contributed by atoms with Gasteiger partial charge in [-0.3, -0.25) is 10.1 Å². The molecule has 0 aromatic heterocycles. The van der Waals surface area contributed by atoms with Gasteiger partial charge in [0.05, 0.1) is 11.7 Å². The molecule has 0 aromatic carbocycles. The number of piperidine rings is 1. The van der Waals surface area contributed by atoms with Crippen molar-refractivity contribution in [1.82, 2.24) is 15.1 Å². The molecule has 3 aliphatic rings. The van der Waals surface area contributed by atoms with E-state index in [1.54, 1.807) is 0 Å². The van der Waals surface area contributed by atoms with Crippen molar-refractivity contribution in [3.8, 4) is 0 Å². The van der Waals surface area contributed by atoms with E-state index in [0.717, 1.165) is 25.3 Å². The molecule has 1 amide bonds. The molecule has 3 aliphatic heterocycles. The molecule has 4 atom stereocenters. The number of hydrogen-bond donors (Lipinski definition) is 1. The summed E-state index contributed by atoms with van der Waals surface area (Å²) < 4.78 is 0. The highest BCUT2D eigenvalue weighted by atomic mass is 16.2. The van der Waals surface area contributed by atoms with Crippen LogP contribution in [0.15, 0.2) is 0 Å². The maximum atomic E-state index is 12.9. The Balaban J connectivity index is 1.76. The highest BCUT2D eigenvalue weighted by molar-refractivity contribution is 5.88. The number of rotatable bonds is 3. The van der Waals surface area contributed by atoms with E-state index in [9.17, 15) is 4.79 Å². The van der Waals surface area contributed by atoms with Crippen LogP contribution >= 0.6 is 0 Å². The number of amides is 1. The van der Waals surface area contributed by atoms with E-state index in [4.69, 9.17) is 0 Å². The average molecular weight is 279 g/mol. The first kappa shape index (κ1) is 14.3. The fourth-order valence-electron chi connectivity index (χ4n) is 4.35. The third kappa shape index (κ3) is 2.17. The van der Waals surface area contributed by atoms with Gasteiger partial charge in [0.25, 0.3) is 0 Å². The standard InChI is InChI=1S/C16H29N3O/c1-4-14-17-16(3,5-2)15(20)19(14)13-8-10-18-9-6-7-12(18)11-13/h12-14,17H,4-11H2,1-3H3. The van der Waals surface area contributed by atoms with Gasteiger partial charge < -0.3 is 9.80 Å². The van der Waals surface area contributed by atoms with Gasteiger partial charge in [0.15, 0.2) is 0 Å². The molecule has 3 saturated heterocycles. The van der Waals surface area contributed by atoms with Crippen molar-refractivity contribution < 1.29 is 4.79 Å². The van der Waals surface area contributed by atoms with Gasteiger partial charge in [0.1, 0.15) is 0 Å². The number of hydrogen-bond acceptors (Lipinski definition) is 3. The second-order valence-electron chi connectivity index (χ2n) is 6.98. The minimum Gasteiger partial charge on any atom is -0.322 e. The molecule has 4 nitrogen and oxygen atoms in total. The summed E-state index contributed by atoms with van der Waals surface area (Å²) in [5, 5.41) is 3.59. The Labute approximate surface area is 122 Å². The SMILES string of the molecule is CCC1NC(C)(CC)C(=O)N1C1CCN2CCCC2C1. The minimum absolute atomic E-state index is 0.241. The van der Waals surface area contributed by atoms with Crippen molar-refractivity contribution in [2.45, 2.75) is 83.1 Å². The molecule has 0 aliphatic carbocycles. The van der Waals surface area contributed by atoms with E-state index in [-0.39, 0.29) is 11.7 Å². The molecule has 4 unspecified atom stereocenters. The highest BCUT2D eigenvalue weighted by Crippen LogP contribution is 2.34. The van der Waals surface area contributed by atoms with Gasteiger partial charge in [0.2, 0.25) is 5.91 Å². The molecule has 0 radical (unpaired) electrons. The molecule has 4 heteroatoms. The number of carbonyl (C=O) groups excluding carboxylic acids is 1. The lowest BCUT2D eigenvalue weighted by molar-refractivity contribution is -0.136. The zero-order valence-corrected chi connectivity index (χ0v) is 13.2. The Hall–Kier alpha value is -0.610. The third-order valence-electron chi connectivity index (χ3n) is 5.81. The van der Waals surface area contributed by atoms with Crippen LogP contribution in [-0.4, -0.2) is 52.6 Å². The summed E-state index contributed by atoms with van der Waals surface area (Å²) in [6.07, 6.45) is 7.13. The Morgan fingerprint density at radius 3 is 2.75 bits per heavy atom.